The molecule has 12 nitrogen and oxygen atoms in total. The fourth-order valence-corrected chi connectivity index (χ4v) is 10.7. The molecule has 16 heteroatoms. The van der Waals surface area contributed by atoms with E-state index < -0.39 is 17.1 Å². The molecule has 1 unspecified atom stereocenters. The van der Waals surface area contributed by atoms with E-state index in [1.54, 1.807) is 61.0 Å². The van der Waals surface area contributed by atoms with Crippen molar-refractivity contribution in [3.05, 3.63) is 36.5 Å². The summed E-state index contributed by atoms with van der Waals surface area (Å²) < 4.78 is 42.2. The van der Waals surface area contributed by atoms with Crippen LogP contribution in [0.3, 0.4) is 0 Å². The Labute approximate surface area is 427 Å². The summed E-state index contributed by atoms with van der Waals surface area (Å²) in [6.07, 6.45) is 25.1. The molecule has 0 aliphatic rings. The number of rotatable bonds is 43. The Kier molecular flexibility index (Phi) is 50.4. The highest BCUT2D eigenvalue weighted by Gasteiger charge is 2.28. The van der Waals surface area contributed by atoms with E-state index in [0.29, 0.717) is 43.1 Å². The number of carbonyl (C=O) groups excluding carboxylic acids is 4. The average molecular weight is 1040 g/mol. The topological polar surface area (TPSA) is 142 Å². The number of hydrogen-bond donors (Lipinski definition) is 1. The minimum Gasteiger partial charge on any atom is -0.465 e. The van der Waals surface area contributed by atoms with Crippen molar-refractivity contribution in [2.75, 3.05) is 72.1 Å². The van der Waals surface area contributed by atoms with Crippen molar-refractivity contribution in [3.8, 4) is 0 Å². The average Bonchev–Trinajstić information content (AvgIpc) is 3.32. The lowest BCUT2D eigenvalue weighted by Gasteiger charge is -2.22. The fraction of sp³-hybridized carbons (Fsp3) is 0.808. The van der Waals surface area contributed by atoms with Gasteiger partial charge in [-0.25, -0.2) is 14.4 Å². The van der Waals surface area contributed by atoms with E-state index in [1.165, 1.54) is 77.0 Å². The maximum Gasteiger partial charge on any atom is 0.334 e. The second-order valence-corrected chi connectivity index (χ2v) is 26.7. The van der Waals surface area contributed by atoms with Gasteiger partial charge in [-0.05, 0) is 96.0 Å². The lowest BCUT2D eigenvalue weighted by molar-refractivity contribution is -0.147. The smallest absolute Gasteiger partial charge is 0.334 e. The molecular weight excluding hydrogens is 937 g/mol. The number of thiol groups is 1. The van der Waals surface area contributed by atoms with Crippen LogP contribution in [0.2, 0.25) is 25.2 Å². The molecule has 0 aliphatic heterocycles. The SMILES string of the molecule is C=C(C)C(=O)OCCCCCCCCCCCCOC(=O)C(=C)C.C=C(C)C(=O)OCCCCCCCCCCCCOC(=O)C(C)CSCCC[Si](C)(OC)OC.CO[Si](C)(CCCS)OC. The van der Waals surface area contributed by atoms with Crippen LogP contribution in [-0.4, -0.2) is 113 Å². The summed E-state index contributed by atoms with van der Waals surface area (Å²) in [5.41, 5.74) is 1.39. The highest BCUT2D eigenvalue weighted by atomic mass is 32.2. The molecule has 0 aliphatic carbocycles. The van der Waals surface area contributed by atoms with Gasteiger partial charge in [0.1, 0.15) is 0 Å². The van der Waals surface area contributed by atoms with Gasteiger partial charge in [-0.3, -0.25) is 4.79 Å². The van der Waals surface area contributed by atoms with Crippen molar-refractivity contribution in [2.24, 2.45) is 5.92 Å². The number of hydrogen-bond acceptors (Lipinski definition) is 14. The summed E-state index contributed by atoms with van der Waals surface area (Å²) in [6, 6.07) is 2.00. The van der Waals surface area contributed by atoms with E-state index >= 15 is 0 Å². The number of thioether (sulfide) groups is 1. The molecular formula is C52H100O12S2Si2. The van der Waals surface area contributed by atoms with Crippen LogP contribution in [0.4, 0.5) is 0 Å². The summed E-state index contributed by atoms with van der Waals surface area (Å²) in [5, 5.41) is 0. The Hall–Kier alpha value is -1.93. The van der Waals surface area contributed by atoms with Crippen LogP contribution >= 0.6 is 24.4 Å². The number of unbranched alkanes of at least 4 members (excludes halogenated alkanes) is 18. The lowest BCUT2D eigenvalue weighted by Crippen LogP contribution is -2.35. The van der Waals surface area contributed by atoms with Gasteiger partial charge in [0.05, 0.1) is 32.3 Å². The molecule has 1 atom stereocenters. The Morgan fingerprint density at radius 1 is 0.456 bits per heavy atom. The first-order valence-electron chi connectivity index (χ1n) is 25.4. The Morgan fingerprint density at radius 2 is 0.721 bits per heavy atom. The molecule has 0 bridgehead atoms. The monoisotopic (exact) mass is 1040 g/mol. The third-order valence-corrected chi connectivity index (χ3v) is 18.9. The third kappa shape index (κ3) is 46.5. The van der Waals surface area contributed by atoms with Gasteiger partial charge in [0.15, 0.2) is 0 Å². The van der Waals surface area contributed by atoms with Gasteiger partial charge in [0.2, 0.25) is 0 Å². The minimum absolute atomic E-state index is 0.0587. The fourth-order valence-electron chi connectivity index (χ4n) is 6.21. The molecule has 400 valence electrons. The Balaban J connectivity index is -0.00000107. The molecule has 0 fully saturated rings. The lowest BCUT2D eigenvalue weighted by atomic mass is 10.1. The maximum atomic E-state index is 12.1. The van der Waals surface area contributed by atoms with Crippen LogP contribution in [0.5, 0.6) is 0 Å². The van der Waals surface area contributed by atoms with Gasteiger partial charge in [0.25, 0.3) is 0 Å². The summed E-state index contributed by atoms with van der Waals surface area (Å²) in [5.74, 6) is 1.73. The van der Waals surface area contributed by atoms with Crippen LogP contribution in [0.15, 0.2) is 36.5 Å². The number of esters is 4. The Morgan fingerprint density at radius 3 is 0.985 bits per heavy atom. The van der Waals surface area contributed by atoms with Crippen molar-refractivity contribution in [1.29, 1.82) is 0 Å². The van der Waals surface area contributed by atoms with Crippen molar-refractivity contribution >= 4 is 65.4 Å². The van der Waals surface area contributed by atoms with Gasteiger partial charge >= 0.3 is 41.0 Å². The van der Waals surface area contributed by atoms with E-state index in [2.05, 4.69) is 45.5 Å². The van der Waals surface area contributed by atoms with Crippen LogP contribution in [-0.2, 0) is 55.8 Å². The third-order valence-electron chi connectivity index (χ3n) is 11.3. The molecule has 0 radical (unpaired) electrons. The highest BCUT2D eigenvalue weighted by molar-refractivity contribution is 7.99. The number of ether oxygens (including phenoxy) is 4. The zero-order chi connectivity index (χ0) is 51.9. The van der Waals surface area contributed by atoms with E-state index in [0.717, 1.165) is 93.6 Å². The molecule has 0 aromatic carbocycles. The van der Waals surface area contributed by atoms with Crippen LogP contribution < -0.4 is 0 Å². The second-order valence-electron chi connectivity index (χ2n) is 18.0. The zero-order valence-electron chi connectivity index (χ0n) is 44.9. The summed E-state index contributed by atoms with van der Waals surface area (Å²) in [4.78, 5) is 45.7. The van der Waals surface area contributed by atoms with Crippen LogP contribution in [0.1, 0.15) is 169 Å². The predicted molar refractivity (Wildman–Crippen MR) is 291 cm³/mol. The molecule has 0 aromatic rings. The largest absolute Gasteiger partial charge is 0.465 e. The minimum atomic E-state index is -1.97. The Bertz CT molecular complexity index is 1270. The molecule has 0 amide bonds. The molecule has 0 heterocycles. The maximum absolute atomic E-state index is 12.1. The molecule has 68 heavy (non-hydrogen) atoms. The summed E-state index contributed by atoms with van der Waals surface area (Å²) >= 11 is 5.92. The van der Waals surface area contributed by atoms with Gasteiger partial charge < -0.3 is 36.7 Å². The first-order valence-corrected chi connectivity index (χ1v) is 32.3. The summed E-state index contributed by atoms with van der Waals surface area (Å²) in [7, 11) is 3.14. The molecule has 0 N–H and O–H groups in total. The van der Waals surface area contributed by atoms with Crippen molar-refractivity contribution in [2.45, 2.75) is 194 Å². The van der Waals surface area contributed by atoms with E-state index in [1.807, 2.05) is 6.92 Å². The molecule has 0 spiro atoms. The zero-order valence-corrected chi connectivity index (χ0v) is 48.6. The van der Waals surface area contributed by atoms with Crippen LogP contribution in [0, 0.1) is 5.92 Å². The molecule has 0 saturated heterocycles. The van der Waals surface area contributed by atoms with Crippen molar-refractivity contribution in [3.63, 3.8) is 0 Å². The standard InChI is InChI=1S/C26H50O6SSi.C20H34O4.C6H16O2SSi/c1-23(2)25(27)31-18-15-13-11-9-7-8-10-12-14-16-19-32-26(28)24(3)22-33-20-17-21-34(6,29-4)30-5;1-17(2)19(21)23-15-13-11-9-7-5-6-8-10-12-14-16-24-20(22)18(3)4;1-7-10(3,8-2)6-4-5-9/h24H,1,7-22H2,2-6H3;1,3,5-16H2,2,4H3;9H,4-6H2,1-3H3. The first-order chi connectivity index (χ1) is 32.4. The van der Waals surface area contributed by atoms with Gasteiger partial charge in [-0.2, -0.15) is 24.4 Å². The normalized spacial score (nSPS) is 11.6. The van der Waals surface area contributed by atoms with Crippen molar-refractivity contribution in [1.82, 2.24) is 0 Å². The highest BCUT2D eigenvalue weighted by Crippen LogP contribution is 2.19. The first kappa shape index (κ1) is 70.3. The molecule has 0 saturated carbocycles. The summed E-state index contributed by atoms with van der Waals surface area (Å²) in [6.45, 7) is 23.8. The van der Waals surface area contributed by atoms with E-state index in [-0.39, 0.29) is 29.8 Å². The number of carbonyl (C=O) groups is 4. The predicted octanol–water partition coefficient (Wildman–Crippen LogP) is 13.5. The second kappa shape index (κ2) is 48.7. The van der Waals surface area contributed by atoms with E-state index in [9.17, 15) is 19.2 Å². The van der Waals surface area contributed by atoms with E-state index in [4.69, 9.17) is 36.7 Å². The molecule has 0 aromatic heterocycles. The van der Waals surface area contributed by atoms with Gasteiger partial charge in [-0.15, -0.1) is 0 Å². The quantitative estimate of drug-likeness (QED) is 0.0155. The molecule has 0 rings (SSSR count). The van der Waals surface area contributed by atoms with Gasteiger partial charge in [-0.1, -0.05) is 129 Å². The van der Waals surface area contributed by atoms with Gasteiger partial charge in [0, 0.05) is 50.9 Å². The van der Waals surface area contributed by atoms with Crippen LogP contribution in [0.25, 0.3) is 0 Å². The van der Waals surface area contributed by atoms with Crippen molar-refractivity contribution < 1.29 is 55.8 Å².